The lowest BCUT2D eigenvalue weighted by Gasteiger charge is -2.36. The van der Waals surface area contributed by atoms with Gasteiger partial charge in [-0.3, -0.25) is 9.18 Å². The van der Waals surface area contributed by atoms with Crippen LogP contribution in [0.2, 0.25) is 0 Å². The van der Waals surface area contributed by atoms with Gasteiger partial charge in [0.25, 0.3) is 11.7 Å². The fourth-order valence-corrected chi connectivity index (χ4v) is 2.63. The first-order valence-electron chi connectivity index (χ1n) is 6.64. The van der Waals surface area contributed by atoms with Gasteiger partial charge < -0.3 is 19.9 Å². The van der Waals surface area contributed by atoms with Crippen molar-refractivity contribution < 1.29 is 28.6 Å². The van der Waals surface area contributed by atoms with E-state index in [0.717, 1.165) is 0 Å². The van der Waals surface area contributed by atoms with Gasteiger partial charge in [-0.25, -0.2) is 4.79 Å². The fourth-order valence-electron chi connectivity index (χ4n) is 2.63. The Hall–Kier alpha value is -1.99. The van der Waals surface area contributed by atoms with Crippen LogP contribution in [0.1, 0.15) is 28.8 Å². The molecule has 0 saturated carbocycles. The number of anilines is 1. The molecule has 2 N–H and O–H groups in total. The molecule has 0 aliphatic carbocycles. The minimum Gasteiger partial charge on any atom is -0.478 e. The number of carboxylic acid groups (broad SMARTS) is 1. The molecule has 2 heterocycles. The maximum absolute atomic E-state index is 12.5. The van der Waals surface area contributed by atoms with E-state index in [9.17, 15) is 14.0 Å². The third-order valence-corrected chi connectivity index (χ3v) is 3.68. The molecule has 7 heteroatoms. The van der Waals surface area contributed by atoms with Gasteiger partial charge in [0.15, 0.2) is 0 Å². The van der Waals surface area contributed by atoms with Crippen molar-refractivity contribution in [3.05, 3.63) is 29.3 Å². The number of hydrogen-bond donors (Lipinski definition) is 2. The fraction of sp³-hybridized carbons (Fsp3) is 0.429. The Bertz CT molecular complexity index is 603. The monoisotopic (exact) mass is 295 g/mol. The Morgan fingerprint density at radius 1 is 1.52 bits per heavy atom. The number of halogens is 1. The van der Waals surface area contributed by atoms with Crippen molar-refractivity contribution in [3.8, 4) is 0 Å². The second-order valence-electron chi connectivity index (χ2n) is 4.99. The molecule has 6 nitrogen and oxygen atoms in total. The van der Waals surface area contributed by atoms with Gasteiger partial charge in [0.2, 0.25) is 0 Å². The zero-order chi connectivity index (χ0) is 15.0. The molecular formula is C14H14FNO5. The molecule has 1 unspecified atom stereocenters. The van der Waals surface area contributed by atoms with E-state index < -0.39 is 30.4 Å². The zero-order valence-electron chi connectivity index (χ0n) is 11.1. The quantitative estimate of drug-likeness (QED) is 0.885. The summed E-state index contributed by atoms with van der Waals surface area (Å²) in [6.07, 6.45) is 0.230. The molecule has 2 aliphatic rings. The van der Waals surface area contributed by atoms with Crippen LogP contribution in [0.3, 0.4) is 0 Å². The smallest absolute Gasteiger partial charge is 0.335 e. The summed E-state index contributed by atoms with van der Waals surface area (Å²) in [5.41, 5.74) is 0.811. The highest BCUT2D eigenvalue weighted by molar-refractivity contribution is 6.05. The number of carbonyl (C=O) groups excluding carboxylic acids is 1. The van der Waals surface area contributed by atoms with Crippen LogP contribution in [0.25, 0.3) is 0 Å². The molecule has 1 spiro atoms. The number of hydrogen-bond acceptors (Lipinski definition) is 4. The predicted octanol–water partition coefficient (Wildman–Crippen LogP) is 1.65. The minimum absolute atomic E-state index is 0.0319. The molecule has 1 amide bonds. The van der Waals surface area contributed by atoms with Gasteiger partial charge in [0, 0.05) is 12.0 Å². The van der Waals surface area contributed by atoms with Gasteiger partial charge in [-0.1, -0.05) is 0 Å². The maximum Gasteiger partial charge on any atom is 0.335 e. The third kappa shape index (κ3) is 2.18. The first-order chi connectivity index (χ1) is 10.1. The Morgan fingerprint density at radius 3 is 3.05 bits per heavy atom. The molecule has 1 aromatic rings. The summed E-state index contributed by atoms with van der Waals surface area (Å²) in [6, 6.07) is 4.24. The number of fused-ring (bicyclic) bond motifs is 2. The summed E-state index contributed by atoms with van der Waals surface area (Å²) < 4.78 is 23.7. The highest BCUT2D eigenvalue weighted by atomic mass is 19.1. The van der Waals surface area contributed by atoms with E-state index in [-0.39, 0.29) is 18.6 Å². The van der Waals surface area contributed by atoms with Crippen LogP contribution in [-0.2, 0) is 20.1 Å². The van der Waals surface area contributed by atoms with E-state index in [2.05, 4.69) is 5.32 Å². The van der Waals surface area contributed by atoms with Crippen molar-refractivity contribution in [1.29, 1.82) is 0 Å². The average Bonchev–Trinajstić information content (AvgIpc) is 2.72. The van der Waals surface area contributed by atoms with E-state index in [0.29, 0.717) is 17.7 Å². The predicted molar refractivity (Wildman–Crippen MR) is 69.7 cm³/mol. The molecule has 1 fully saturated rings. The average molecular weight is 295 g/mol. The summed E-state index contributed by atoms with van der Waals surface area (Å²) >= 11 is 0. The molecule has 2 aliphatic heterocycles. The molecule has 0 bridgehead atoms. The second kappa shape index (κ2) is 5.09. The van der Waals surface area contributed by atoms with Gasteiger partial charge >= 0.3 is 5.97 Å². The lowest BCUT2D eigenvalue weighted by Crippen LogP contribution is -2.47. The Labute approximate surface area is 119 Å². The van der Waals surface area contributed by atoms with Gasteiger partial charge in [0.05, 0.1) is 30.6 Å². The van der Waals surface area contributed by atoms with E-state index in [1.165, 1.54) is 18.2 Å². The number of carboxylic acids is 1. The van der Waals surface area contributed by atoms with Gasteiger partial charge in [-0.05, 0) is 24.6 Å². The number of ether oxygens (including phenoxy) is 2. The van der Waals surface area contributed by atoms with E-state index >= 15 is 0 Å². The minimum atomic E-state index is -1.67. The van der Waals surface area contributed by atoms with E-state index in [4.69, 9.17) is 14.6 Å². The zero-order valence-corrected chi connectivity index (χ0v) is 11.1. The van der Waals surface area contributed by atoms with Crippen molar-refractivity contribution in [1.82, 2.24) is 0 Å². The number of rotatable bonds is 3. The molecule has 112 valence electrons. The molecule has 1 aromatic carbocycles. The molecular weight excluding hydrogens is 281 g/mol. The molecule has 0 aromatic heterocycles. The van der Waals surface area contributed by atoms with Crippen molar-refractivity contribution in [3.63, 3.8) is 0 Å². The number of carbonyl (C=O) groups is 2. The van der Waals surface area contributed by atoms with Crippen molar-refractivity contribution >= 4 is 17.6 Å². The number of benzene rings is 1. The topological polar surface area (TPSA) is 84.9 Å². The van der Waals surface area contributed by atoms with Crippen LogP contribution in [0, 0.1) is 0 Å². The van der Waals surface area contributed by atoms with Gasteiger partial charge in [0.1, 0.15) is 0 Å². The molecule has 2 atom stereocenters. The number of amides is 1. The molecule has 0 radical (unpaired) electrons. The SMILES string of the molecule is O=C(O)c1ccc2c(c1)[C@]1(OCCC(CCF)O1)C(=O)N2. The highest BCUT2D eigenvalue weighted by Gasteiger charge is 2.53. The van der Waals surface area contributed by atoms with Crippen LogP contribution in [0.5, 0.6) is 0 Å². The summed E-state index contributed by atoms with van der Waals surface area (Å²) in [5.74, 6) is -3.29. The van der Waals surface area contributed by atoms with E-state index in [1.54, 1.807) is 0 Å². The summed E-state index contributed by atoms with van der Waals surface area (Å²) in [5, 5.41) is 11.7. The number of alkyl halides is 1. The Kier molecular flexibility index (Phi) is 3.38. The first kappa shape index (κ1) is 14.0. The van der Waals surface area contributed by atoms with Gasteiger partial charge in [-0.2, -0.15) is 0 Å². The first-order valence-corrected chi connectivity index (χ1v) is 6.64. The van der Waals surface area contributed by atoms with Crippen molar-refractivity contribution in [2.45, 2.75) is 24.7 Å². The Balaban J connectivity index is 2.02. The summed E-state index contributed by atoms with van der Waals surface area (Å²) in [6.45, 7) is -0.306. The van der Waals surface area contributed by atoms with Crippen LogP contribution in [-0.4, -0.2) is 36.4 Å². The summed E-state index contributed by atoms with van der Waals surface area (Å²) in [4.78, 5) is 23.3. The highest BCUT2D eigenvalue weighted by Crippen LogP contribution is 2.43. The lowest BCUT2D eigenvalue weighted by atomic mass is 10.0. The van der Waals surface area contributed by atoms with Gasteiger partial charge in [-0.15, -0.1) is 0 Å². The number of nitrogens with one attached hydrogen (secondary N) is 1. The van der Waals surface area contributed by atoms with Crippen LogP contribution < -0.4 is 5.32 Å². The third-order valence-electron chi connectivity index (χ3n) is 3.68. The van der Waals surface area contributed by atoms with Crippen LogP contribution in [0.15, 0.2) is 18.2 Å². The number of aromatic carboxylic acids is 1. The normalized spacial score (nSPS) is 27.5. The summed E-state index contributed by atoms with van der Waals surface area (Å²) in [7, 11) is 0. The molecule has 3 rings (SSSR count). The van der Waals surface area contributed by atoms with E-state index in [1.807, 2.05) is 0 Å². The lowest BCUT2D eigenvalue weighted by molar-refractivity contribution is -0.281. The van der Waals surface area contributed by atoms with Crippen LogP contribution >= 0.6 is 0 Å². The van der Waals surface area contributed by atoms with Crippen molar-refractivity contribution in [2.75, 3.05) is 18.6 Å². The van der Waals surface area contributed by atoms with Crippen molar-refractivity contribution in [2.24, 2.45) is 0 Å². The van der Waals surface area contributed by atoms with Crippen LogP contribution in [0.4, 0.5) is 10.1 Å². The Morgan fingerprint density at radius 2 is 2.33 bits per heavy atom. The second-order valence-corrected chi connectivity index (χ2v) is 4.99. The molecule has 21 heavy (non-hydrogen) atoms. The largest absolute Gasteiger partial charge is 0.478 e. The molecule has 1 saturated heterocycles. The standard InChI is InChI=1S/C14H14FNO5/c15-5-3-9-4-6-20-14(21-9)10-7-8(12(17)18)1-2-11(10)16-13(14)19/h1-2,7,9H,3-6H2,(H,16,19)(H,17,18)/t9?,14-/m1/s1. The maximum atomic E-state index is 12.5.